The molecule has 0 bridgehead atoms. The number of rotatable bonds is 6. The van der Waals surface area contributed by atoms with E-state index in [2.05, 4.69) is 15.7 Å². The minimum atomic E-state index is -0.501. The number of halogens is 2. The molecule has 0 saturated heterocycles. The summed E-state index contributed by atoms with van der Waals surface area (Å²) < 4.78 is 26.5. The van der Waals surface area contributed by atoms with Gasteiger partial charge in [-0.15, -0.1) is 0 Å². The molecule has 0 aliphatic carbocycles. The van der Waals surface area contributed by atoms with Crippen molar-refractivity contribution in [3.8, 4) is 0 Å². The van der Waals surface area contributed by atoms with E-state index in [1.807, 2.05) is 0 Å². The van der Waals surface area contributed by atoms with E-state index in [1.54, 1.807) is 36.4 Å². The number of anilines is 2. The minimum Gasteiger partial charge on any atom is -0.322 e. The first-order valence-electron chi connectivity index (χ1n) is 10.5. The Kier molecular flexibility index (Phi) is 6.72. The fourth-order valence-corrected chi connectivity index (χ4v) is 3.36. The lowest BCUT2D eigenvalue weighted by atomic mass is 10.1. The molecule has 3 aromatic carbocycles. The van der Waals surface area contributed by atoms with E-state index in [1.165, 1.54) is 41.4 Å². The molecule has 0 fully saturated rings. The number of hydrogen-bond acceptors (Lipinski definition) is 4. The summed E-state index contributed by atoms with van der Waals surface area (Å²) >= 11 is 0. The third-order valence-corrected chi connectivity index (χ3v) is 5.08. The Morgan fingerprint density at radius 2 is 1.50 bits per heavy atom. The highest BCUT2D eigenvalue weighted by molar-refractivity contribution is 6.43. The highest BCUT2D eigenvalue weighted by Crippen LogP contribution is 2.17. The smallest absolute Gasteiger partial charge is 0.271 e. The Morgan fingerprint density at radius 3 is 2.24 bits per heavy atom. The van der Waals surface area contributed by atoms with Crippen LogP contribution < -0.4 is 10.6 Å². The normalized spacial score (nSPS) is 13.3. The maximum absolute atomic E-state index is 13.3. The molecule has 172 valence electrons. The summed E-state index contributed by atoms with van der Waals surface area (Å²) in [6, 6.07) is 17.5. The van der Waals surface area contributed by atoms with Crippen molar-refractivity contribution < 1.29 is 23.2 Å². The van der Waals surface area contributed by atoms with Crippen LogP contribution in [-0.2, 0) is 16.1 Å². The van der Waals surface area contributed by atoms with Gasteiger partial charge in [0, 0.05) is 29.8 Å². The van der Waals surface area contributed by atoms with Crippen LogP contribution in [0.4, 0.5) is 20.2 Å². The summed E-state index contributed by atoms with van der Waals surface area (Å²) in [5.74, 6) is -2.06. The van der Waals surface area contributed by atoms with E-state index in [0.717, 1.165) is 0 Å². The van der Waals surface area contributed by atoms with Crippen molar-refractivity contribution in [1.29, 1.82) is 0 Å². The van der Waals surface area contributed by atoms with Crippen LogP contribution in [0.5, 0.6) is 0 Å². The molecular weight excluding hydrogens is 442 g/mol. The average Bonchev–Trinajstić information content (AvgIpc) is 2.82. The second-order valence-corrected chi connectivity index (χ2v) is 7.62. The summed E-state index contributed by atoms with van der Waals surface area (Å²) in [5, 5.41) is 10.7. The third-order valence-electron chi connectivity index (χ3n) is 5.08. The predicted molar refractivity (Wildman–Crippen MR) is 123 cm³/mol. The van der Waals surface area contributed by atoms with E-state index in [-0.39, 0.29) is 42.4 Å². The van der Waals surface area contributed by atoms with Gasteiger partial charge < -0.3 is 10.6 Å². The molecule has 4 rings (SSSR count). The van der Waals surface area contributed by atoms with Crippen LogP contribution in [0.3, 0.4) is 0 Å². The Balaban J connectivity index is 1.44. The molecule has 7 nitrogen and oxygen atoms in total. The van der Waals surface area contributed by atoms with Gasteiger partial charge in [-0.2, -0.15) is 5.10 Å². The van der Waals surface area contributed by atoms with Gasteiger partial charge in [-0.05, 0) is 54.1 Å². The molecule has 0 radical (unpaired) electrons. The van der Waals surface area contributed by atoms with E-state index < -0.39 is 17.6 Å². The summed E-state index contributed by atoms with van der Waals surface area (Å²) in [4.78, 5) is 37.5. The third kappa shape index (κ3) is 5.69. The molecule has 0 spiro atoms. The monoisotopic (exact) mass is 462 g/mol. The van der Waals surface area contributed by atoms with Crippen LogP contribution in [-0.4, -0.2) is 28.4 Å². The van der Waals surface area contributed by atoms with E-state index in [9.17, 15) is 23.2 Å². The number of nitrogens with zero attached hydrogens (tertiary/aromatic N) is 2. The van der Waals surface area contributed by atoms with Crippen molar-refractivity contribution in [3.63, 3.8) is 0 Å². The molecule has 0 saturated carbocycles. The first-order chi connectivity index (χ1) is 16.4. The Labute approximate surface area is 194 Å². The van der Waals surface area contributed by atoms with Crippen molar-refractivity contribution in [1.82, 2.24) is 5.01 Å². The zero-order chi connectivity index (χ0) is 24.1. The zero-order valence-electron chi connectivity index (χ0n) is 17.9. The van der Waals surface area contributed by atoms with Gasteiger partial charge in [-0.25, -0.2) is 13.8 Å². The fourth-order valence-electron chi connectivity index (χ4n) is 3.36. The summed E-state index contributed by atoms with van der Waals surface area (Å²) in [7, 11) is 0. The topological polar surface area (TPSA) is 90.9 Å². The van der Waals surface area contributed by atoms with Gasteiger partial charge in [0.05, 0.1) is 6.54 Å². The Bertz CT molecular complexity index is 1280. The van der Waals surface area contributed by atoms with Gasteiger partial charge in [0.1, 0.15) is 17.3 Å². The number of nitrogens with one attached hydrogen (secondary N) is 2. The average molecular weight is 462 g/mol. The van der Waals surface area contributed by atoms with Crippen LogP contribution in [0.2, 0.25) is 0 Å². The summed E-state index contributed by atoms with van der Waals surface area (Å²) in [6.07, 6.45) is 0.286. The first-order valence-corrected chi connectivity index (χ1v) is 10.5. The molecule has 2 N–H and O–H groups in total. The van der Waals surface area contributed by atoms with Crippen molar-refractivity contribution in [2.24, 2.45) is 5.10 Å². The number of carbonyl (C=O) groups is 3. The quantitative estimate of drug-likeness (QED) is 0.571. The maximum Gasteiger partial charge on any atom is 0.271 e. The second kappa shape index (κ2) is 10.0. The van der Waals surface area contributed by atoms with E-state index >= 15 is 0 Å². The van der Waals surface area contributed by atoms with Gasteiger partial charge in [-0.3, -0.25) is 14.4 Å². The molecule has 9 heteroatoms. The molecule has 1 aliphatic heterocycles. The first kappa shape index (κ1) is 22.8. The highest BCUT2D eigenvalue weighted by Gasteiger charge is 2.25. The van der Waals surface area contributed by atoms with E-state index in [4.69, 9.17) is 0 Å². The predicted octanol–water partition coefficient (Wildman–Crippen LogP) is 4.33. The van der Waals surface area contributed by atoms with Gasteiger partial charge in [-0.1, -0.05) is 24.3 Å². The maximum atomic E-state index is 13.3. The van der Waals surface area contributed by atoms with E-state index in [0.29, 0.717) is 16.9 Å². The van der Waals surface area contributed by atoms with Gasteiger partial charge in [0.2, 0.25) is 5.91 Å². The van der Waals surface area contributed by atoms with Gasteiger partial charge in [0.25, 0.3) is 11.8 Å². The molecule has 0 atom stereocenters. The zero-order valence-corrected chi connectivity index (χ0v) is 17.9. The summed E-state index contributed by atoms with van der Waals surface area (Å²) in [6.45, 7) is 0.117. The van der Waals surface area contributed by atoms with Gasteiger partial charge >= 0.3 is 0 Å². The van der Waals surface area contributed by atoms with Crippen LogP contribution in [0.15, 0.2) is 77.9 Å². The van der Waals surface area contributed by atoms with Crippen molar-refractivity contribution in [2.75, 3.05) is 10.6 Å². The molecule has 0 aromatic heterocycles. The molecule has 34 heavy (non-hydrogen) atoms. The SMILES string of the molecule is O=C(Nc1cccc(C(=O)Nc2cccc(F)c2)c1)C1=NN(Cc2ccc(F)cc2)C(=O)CC1. The minimum absolute atomic E-state index is 0.115. The van der Waals surface area contributed by atoms with Gasteiger partial charge in [0.15, 0.2) is 0 Å². The van der Waals surface area contributed by atoms with Crippen LogP contribution in [0, 0.1) is 11.6 Å². The number of hydrogen-bond donors (Lipinski definition) is 2. The number of hydrazone groups is 1. The second-order valence-electron chi connectivity index (χ2n) is 7.62. The van der Waals surface area contributed by atoms with Crippen molar-refractivity contribution in [2.45, 2.75) is 19.4 Å². The Morgan fingerprint density at radius 1 is 0.824 bits per heavy atom. The van der Waals surface area contributed by atoms with Crippen LogP contribution in [0.25, 0.3) is 0 Å². The largest absolute Gasteiger partial charge is 0.322 e. The number of benzene rings is 3. The molecule has 1 aliphatic rings. The highest BCUT2D eigenvalue weighted by atomic mass is 19.1. The molecular formula is C25H20F2N4O3. The van der Waals surface area contributed by atoms with Crippen molar-refractivity contribution in [3.05, 3.63) is 95.6 Å². The molecule has 1 heterocycles. The van der Waals surface area contributed by atoms with Crippen molar-refractivity contribution >= 4 is 34.8 Å². The molecule has 3 amide bonds. The Hall–Kier alpha value is -4.40. The fraction of sp³-hybridized carbons (Fsp3) is 0.120. The number of carbonyl (C=O) groups excluding carboxylic acids is 3. The lowest BCUT2D eigenvalue weighted by molar-refractivity contribution is -0.132. The van der Waals surface area contributed by atoms with Crippen LogP contribution in [0.1, 0.15) is 28.8 Å². The van der Waals surface area contributed by atoms with Crippen LogP contribution >= 0.6 is 0 Å². The lowest BCUT2D eigenvalue weighted by Gasteiger charge is -2.23. The lowest BCUT2D eigenvalue weighted by Crippen LogP contribution is -2.36. The summed E-state index contributed by atoms with van der Waals surface area (Å²) in [5.41, 5.74) is 1.78. The molecule has 0 unspecified atom stereocenters. The molecule has 3 aromatic rings. The number of amides is 3. The standard InChI is InChI=1S/C25H20F2N4O3/c26-18-9-7-16(8-10-18)15-31-23(32)12-11-22(30-31)25(34)29-20-5-1-3-17(13-20)24(33)28-21-6-2-4-19(27)14-21/h1-10,13-14H,11-12,15H2,(H,28,33)(H,29,34).